The third-order valence-electron chi connectivity index (χ3n) is 4.93. The van der Waals surface area contributed by atoms with Gasteiger partial charge in [-0.3, -0.25) is 4.79 Å². The minimum Gasteiger partial charge on any atom is -0.442 e. The van der Waals surface area contributed by atoms with Gasteiger partial charge in [0.1, 0.15) is 17.4 Å². The summed E-state index contributed by atoms with van der Waals surface area (Å²) in [5.41, 5.74) is 3.19. The summed E-state index contributed by atoms with van der Waals surface area (Å²) in [7, 11) is 0. The van der Waals surface area contributed by atoms with E-state index in [2.05, 4.69) is 20.2 Å². The number of ether oxygens (including phenoxy) is 1. The molecule has 0 atom stereocenters. The van der Waals surface area contributed by atoms with Crippen molar-refractivity contribution in [1.82, 2.24) is 15.3 Å². The summed E-state index contributed by atoms with van der Waals surface area (Å²) in [6, 6.07) is 8.10. The van der Waals surface area contributed by atoms with Crippen molar-refractivity contribution in [2.75, 3.05) is 31.2 Å². The van der Waals surface area contributed by atoms with Crippen LogP contribution in [0.4, 0.5) is 5.82 Å². The van der Waals surface area contributed by atoms with Gasteiger partial charge in [0.2, 0.25) is 5.71 Å². The second kappa shape index (κ2) is 7.59. The first kappa shape index (κ1) is 18.4. The summed E-state index contributed by atoms with van der Waals surface area (Å²) in [5.74, 6) is 1.72. The minimum atomic E-state index is -0.182. The van der Waals surface area contributed by atoms with Gasteiger partial charge in [0.05, 0.1) is 24.2 Å². The van der Waals surface area contributed by atoms with E-state index >= 15 is 0 Å². The van der Waals surface area contributed by atoms with Gasteiger partial charge >= 0.3 is 0 Å². The zero-order valence-corrected chi connectivity index (χ0v) is 16.4. The topological polar surface area (TPSA) is 80.5 Å². The van der Waals surface area contributed by atoms with Crippen LogP contribution < -0.4 is 10.2 Å². The van der Waals surface area contributed by atoms with Crippen LogP contribution in [0.2, 0.25) is 0 Å². The number of amides is 1. The summed E-state index contributed by atoms with van der Waals surface area (Å²) >= 11 is 0. The van der Waals surface area contributed by atoms with E-state index in [1.54, 1.807) is 6.92 Å². The van der Waals surface area contributed by atoms with Crippen molar-refractivity contribution < 1.29 is 13.9 Å². The highest BCUT2D eigenvalue weighted by Crippen LogP contribution is 2.32. The average Bonchev–Trinajstić information content (AvgIpc) is 3.03. The number of furan rings is 1. The molecule has 0 spiro atoms. The molecule has 1 fully saturated rings. The molecule has 0 aliphatic carbocycles. The van der Waals surface area contributed by atoms with Crippen LogP contribution in [0.3, 0.4) is 0 Å². The molecule has 3 aromatic rings. The molecule has 1 aliphatic rings. The van der Waals surface area contributed by atoms with Crippen LogP contribution in [0.15, 0.2) is 28.7 Å². The van der Waals surface area contributed by atoms with Crippen molar-refractivity contribution in [3.05, 3.63) is 52.5 Å². The molecule has 146 valence electrons. The normalized spacial score (nSPS) is 14.5. The second-order valence-corrected chi connectivity index (χ2v) is 7.08. The van der Waals surface area contributed by atoms with Crippen LogP contribution in [0.25, 0.3) is 11.1 Å². The predicted molar refractivity (Wildman–Crippen MR) is 107 cm³/mol. The number of morpholine rings is 1. The van der Waals surface area contributed by atoms with Gasteiger partial charge in [-0.1, -0.05) is 29.8 Å². The van der Waals surface area contributed by atoms with Gasteiger partial charge in [-0.2, -0.15) is 4.98 Å². The Morgan fingerprint density at radius 1 is 1.11 bits per heavy atom. The van der Waals surface area contributed by atoms with Gasteiger partial charge in [0, 0.05) is 19.6 Å². The van der Waals surface area contributed by atoms with E-state index in [1.165, 1.54) is 5.56 Å². The summed E-state index contributed by atoms with van der Waals surface area (Å²) in [5, 5.41) is 3.67. The Bertz CT molecular complexity index is 1000. The number of nitrogens with one attached hydrogen (secondary N) is 1. The fourth-order valence-corrected chi connectivity index (χ4v) is 3.45. The number of fused-ring (bicyclic) bond motifs is 1. The van der Waals surface area contributed by atoms with E-state index < -0.39 is 0 Å². The number of nitrogens with zero attached hydrogens (tertiary/aromatic N) is 3. The molecule has 28 heavy (non-hydrogen) atoms. The van der Waals surface area contributed by atoms with E-state index in [4.69, 9.17) is 9.15 Å². The lowest BCUT2D eigenvalue weighted by Crippen LogP contribution is -2.37. The predicted octanol–water partition coefficient (Wildman–Crippen LogP) is 2.91. The van der Waals surface area contributed by atoms with Gasteiger partial charge in [0.25, 0.3) is 5.91 Å². The number of benzene rings is 1. The van der Waals surface area contributed by atoms with E-state index in [-0.39, 0.29) is 5.91 Å². The van der Waals surface area contributed by atoms with E-state index in [0.29, 0.717) is 48.0 Å². The first-order valence-corrected chi connectivity index (χ1v) is 9.47. The van der Waals surface area contributed by atoms with E-state index in [9.17, 15) is 4.79 Å². The largest absolute Gasteiger partial charge is 0.442 e. The van der Waals surface area contributed by atoms with E-state index in [0.717, 1.165) is 24.5 Å². The number of carbonyl (C=O) groups is 1. The fourth-order valence-electron chi connectivity index (χ4n) is 3.45. The minimum absolute atomic E-state index is 0.182. The lowest BCUT2D eigenvalue weighted by molar-refractivity contribution is 0.0951. The highest BCUT2D eigenvalue weighted by atomic mass is 16.5. The van der Waals surface area contributed by atoms with Gasteiger partial charge in [0.15, 0.2) is 0 Å². The zero-order valence-electron chi connectivity index (χ0n) is 16.4. The Morgan fingerprint density at radius 2 is 1.82 bits per heavy atom. The maximum Gasteiger partial charge on any atom is 0.255 e. The Labute approximate surface area is 163 Å². The highest BCUT2D eigenvalue weighted by molar-refractivity contribution is 6.10. The first-order chi connectivity index (χ1) is 13.5. The summed E-state index contributed by atoms with van der Waals surface area (Å²) in [4.78, 5) is 24.2. The van der Waals surface area contributed by atoms with Crippen LogP contribution in [-0.2, 0) is 11.3 Å². The lowest BCUT2D eigenvalue weighted by Gasteiger charge is -2.28. The third kappa shape index (κ3) is 3.57. The molecular formula is C21H24N4O3. The number of rotatable bonds is 4. The Morgan fingerprint density at radius 3 is 2.54 bits per heavy atom. The Balaban J connectivity index is 1.68. The van der Waals surface area contributed by atoms with Gasteiger partial charge in [-0.25, -0.2) is 4.98 Å². The maximum atomic E-state index is 13.0. The van der Waals surface area contributed by atoms with Crippen LogP contribution in [-0.4, -0.2) is 42.2 Å². The summed E-state index contributed by atoms with van der Waals surface area (Å²) in [6.07, 6.45) is 0. The van der Waals surface area contributed by atoms with Crippen molar-refractivity contribution in [2.24, 2.45) is 0 Å². The number of hydrogen-bond acceptors (Lipinski definition) is 6. The molecule has 4 rings (SSSR count). The number of aryl methyl sites for hydroxylation is 3. The van der Waals surface area contributed by atoms with Crippen LogP contribution in [0.5, 0.6) is 0 Å². The molecule has 2 aromatic heterocycles. The highest BCUT2D eigenvalue weighted by Gasteiger charge is 2.26. The van der Waals surface area contributed by atoms with Crippen LogP contribution >= 0.6 is 0 Å². The standard InChI is InChI=1S/C21H24N4O3/c1-13-4-6-16(7-5-13)12-22-20(26)17-14(2)28-21-18(17)19(23-15(3)24-21)25-8-10-27-11-9-25/h4-7H,8-12H2,1-3H3,(H,22,26). The first-order valence-electron chi connectivity index (χ1n) is 9.47. The summed E-state index contributed by atoms with van der Waals surface area (Å²) < 4.78 is 11.3. The molecule has 1 amide bonds. The summed E-state index contributed by atoms with van der Waals surface area (Å²) in [6.45, 7) is 8.83. The fraction of sp³-hybridized carbons (Fsp3) is 0.381. The van der Waals surface area contributed by atoms with Crippen molar-refractivity contribution in [3.63, 3.8) is 0 Å². The van der Waals surface area contributed by atoms with Crippen LogP contribution in [0, 0.1) is 20.8 Å². The van der Waals surface area contributed by atoms with E-state index in [1.807, 2.05) is 38.1 Å². The Kier molecular flexibility index (Phi) is 5.00. The Hall–Kier alpha value is -2.93. The molecule has 1 aliphatic heterocycles. The van der Waals surface area contributed by atoms with Crippen molar-refractivity contribution >= 4 is 22.8 Å². The molecule has 0 saturated carbocycles. The van der Waals surface area contributed by atoms with Crippen molar-refractivity contribution in [1.29, 1.82) is 0 Å². The average molecular weight is 380 g/mol. The molecule has 7 heteroatoms. The molecular weight excluding hydrogens is 356 g/mol. The molecule has 7 nitrogen and oxygen atoms in total. The second-order valence-electron chi connectivity index (χ2n) is 7.08. The van der Waals surface area contributed by atoms with Gasteiger partial charge < -0.3 is 19.4 Å². The van der Waals surface area contributed by atoms with Crippen LogP contribution in [0.1, 0.15) is 33.1 Å². The lowest BCUT2D eigenvalue weighted by atomic mass is 10.1. The molecule has 3 heterocycles. The van der Waals surface area contributed by atoms with Gasteiger partial charge in [-0.15, -0.1) is 0 Å². The van der Waals surface area contributed by atoms with Crippen molar-refractivity contribution in [2.45, 2.75) is 27.3 Å². The number of aromatic nitrogens is 2. The number of carbonyl (C=O) groups excluding carboxylic acids is 1. The molecule has 0 unspecified atom stereocenters. The number of anilines is 1. The van der Waals surface area contributed by atoms with Crippen molar-refractivity contribution in [3.8, 4) is 0 Å². The molecule has 1 N–H and O–H groups in total. The smallest absolute Gasteiger partial charge is 0.255 e. The monoisotopic (exact) mass is 380 g/mol. The molecule has 1 saturated heterocycles. The molecule has 0 radical (unpaired) electrons. The molecule has 1 aromatic carbocycles. The number of hydrogen-bond donors (Lipinski definition) is 1. The van der Waals surface area contributed by atoms with Gasteiger partial charge in [-0.05, 0) is 26.3 Å². The zero-order chi connectivity index (χ0) is 19.7. The maximum absolute atomic E-state index is 13.0. The quantitative estimate of drug-likeness (QED) is 0.750. The SMILES string of the molecule is Cc1ccc(CNC(=O)c2c(C)oc3nc(C)nc(N4CCOCC4)c23)cc1. The molecule has 0 bridgehead atoms. The third-order valence-corrected chi connectivity index (χ3v) is 4.93.